The maximum Gasteiger partial charge on any atom is 0.340 e. The van der Waals surface area contributed by atoms with Crippen molar-refractivity contribution in [2.24, 2.45) is 5.14 Å². The SMILES string of the molecule is NS(=O)(=O)c1ccc(C2=C(c3ccccc3)C(=O)OC23CCC3)cc1. The van der Waals surface area contributed by atoms with Gasteiger partial charge < -0.3 is 4.74 Å². The molecule has 0 unspecified atom stereocenters. The Hall–Kier alpha value is -2.44. The molecule has 0 radical (unpaired) electrons. The van der Waals surface area contributed by atoms with E-state index in [1.54, 1.807) is 12.1 Å². The second kappa shape index (κ2) is 5.54. The smallest absolute Gasteiger partial charge is 0.340 e. The Labute approximate surface area is 146 Å². The number of esters is 1. The van der Waals surface area contributed by atoms with Crippen molar-refractivity contribution < 1.29 is 17.9 Å². The van der Waals surface area contributed by atoms with Gasteiger partial charge in [-0.1, -0.05) is 42.5 Å². The summed E-state index contributed by atoms with van der Waals surface area (Å²) in [5.41, 5.74) is 2.41. The van der Waals surface area contributed by atoms with Gasteiger partial charge in [-0.3, -0.25) is 0 Å². The normalized spacial score (nSPS) is 19.0. The lowest BCUT2D eigenvalue weighted by Gasteiger charge is -2.39. The van der Waals surface area contributed by atoms with E-state index in [1.165, 1.54) is 12.1 Å². The molecule has 1 heterocycles. The first kappa shape index (κ1) is 16.1. The van der Waals surface area contributed by atoms with Crippen molar-refractivity contribution in [1.29, 1.82) is 0 Å². The number of nitrogens with two attached hydrogens (primary N) is 1. The van der Waals surface area contributed by atoms with Crippen molar-refractivity contribution in [3.8, 4) is 0 Å². The summed E-state index contributed by atoms with van der Waals surface area (Å²) in [6.07, 6.45) is 2.55. The molecule has 128 valence electrons. The maximum absolute atomic E-state index is 12.6. The topological polar surface area (TPSA) is 86.5 Å². The molecule has 2 aromatic rings. The summed E-state index contributed by atoms with van der Waals surface area (Å²) in [6, 6.07) is 15.7. The van der Waals surface area contributed by atoms with Crippen LogP contribution in [0.1, 0.15) is 30.4 Å². The van der Waals surface area contributed by atoms with Crippen molar-refractivity contribution in [3.63, 3.8) is 0 Å². The van der Waals surface area contributed by atoms with Gasteiger partial charge in [-0.15, -0.1) is 0 Å². The molecule has 0 bridgehead atoms. The Morgan fingerprint density at radius 2 is 1.56 bits per heavy atom. The van der Waals surface area contributed by atoms with Crippen molar-refractivity contribution in [2.45, 2.75) is 29.8 Å². The van der Waals surface area contributed by atoms with E-state index in [-0.39, 0.29) is 10.9 Å². The highest BCUT2D eigenvalue weighted by Crippen LogP contribution is 2.53. The Bertz CT molecular complexity index is 972. The third-order valence-corrected chi connectivity index (χ3v) is 5.82. The van der Waals surface area contributed by atoms with E-state index in [0.29, 0.717) is 5.57 Å². The van der Waals surface area contributed by atoms with Gasteiger partial charge in [0.15, 0.2) is 0 Å². The number of carbonyl (C=O) groups is 1. The molecule has 6 heteroatoms. The highest BCUT2D eigenvalue weighted by molar-refractivity contribution is 7.89. The number of sulfonamides is 1. The van der Waals surface area contributed by atoms with E-state index < -0.39 is 15.6 Å². The first-order chi connectivity index (χ1) is 11.9. The van der Waals surface area contributed by atoms with Crippen molar-refractivity contribution in [2.75, 3.05) is 0 Å². The van der Waals surface area contributed by atoms with E-state index >= 15 is 0 Å². The van der Waals surface area contributed by atoms with E-state index in [2.05, 4.69) is 0 Å². The zero-order chi connectivity index (χ0) is 17.7. The van der Waals surface area contributed by atoms with Gasteiger partial charge in [0.05, 0.1) is 10.5 Å². The lowest BCUT2D eigenvalue weighted by molar-refractivity contribution is -0.149. The summed E-state index contributed by atoms with van der Waals surface area (Å²) in [4.78, 5) is 12.6. The zero-order valence-electron chi connectivity index (χ0n) is 13.4. The molecule has 1 aliphatic carbocycles. The average molecular weight is 355 g/mol. The number of hydrogen-bond acceptors (Lipinski definition) is 4. The Morgan fingerprint density at radius 1 is 0.920 bits per heavy atom. The molecule has 4 rings (SSSR count). The van der Waals surface area contributed by atoms with Crippen LogP contribution in [-0.2, 0) is 19.6 Å². The van der Waals surface area contributed by atoms with E-state index in [1.807, 2.05) is 30.3 Å². The van der Waals surface area contributed by atoms with Gasteiger partial charge in [-0.25, -0.2) is 18.4 Å². The fourth-order valence-electron chi connectivity index (χ4n) is 3.55. The molecule has 2 N–H and O–H groups in total. The number of hydrogen-bond donors (Lipinski definition) is 1. The zero-order valence-corrected chi connectivity index (χ0v) is 14.3. The van der Waals surface area contributed by atoms with E-state index in [0.717, 1.165) is 36.0 Å². The van der Waals surface area contributed by atoms with Crippen LogP contribution in [0.4, 0.5) is 0 Å². The Kier molecular flexibility index (Phi) is 3.56. The van der Waals surface area contributed by atoms with Crippen LogP contribution in [0.3, 0.4) is 0 Å². The minimum atomic E-state index is -3.75. The molecule has 1 aliphatic heterocycles. The number of carbonyl (C=O) groups excluding carboxylic acids is 1. The Morgan fingerprint density at radius 3 is 2.08 bits per heavy atom. The predicted molar refractivity (Wildman–Crippen MR) is 93.7 cm³/mol. The molecule has 0 atom stereocenters. The van der Waals surface area contributed by atoms with Gasteiger partial charge in [-0.05, 0) is 42.5 Å². The van der Waals surface area contributed by atoms with Gasteiger partial charge in [0.2, 0.25) is 10.0 Å². The van der Waals surface area contributed by atoms with E-state index in [4.69, 9.17) is 9.88 Å². The number of ether oxygens (including phenoxy) is 1. The minimum Gasteiger partial charge on any atom is -0.451 e. The van der Waals surface area contributed by atoms with Crippen LogP contribution >= 0.6 is 0 Å². The van der Waals surface area contributed by atoms with Crippen LogP contribution in [0.15, 0.2) is 59.5 Å². The second-order valence-electron chi connectivity index (χ2n) is 6.42. The van der Waals surface area contributed by atoms with Gasteiger partial charge in [-0.2, -0.15) is 0 Å². The first-order valence-electron chi connectivity index (χ1n) is 8.07. The average Bonchev–Trinajstić information content (AvgIpc) is 2.88. The summed E-state index contributed by atoms with van der Waals surface area (Å²) >= 11 is 0. The quantitative estimate of drug-likeness (QED) is 0.858. The standard InChI is InChI=1S/C19H17NO4S/c20-25(22,23)15-9-7-14(8-10-15)17-16(13-5-2-1-3-6-13)18(21)24-19(17)11-4-12-19/h1-3,5-10H,4,11-12H2,(H2,20,22,23). The monoisotopic (exact) mass is 355 g/mol. The summed E-state index contributed by atoms with van der Waals surface area (Å²) in [7, 11) is -3.75. The fraction of sp³-hybridized carbons (Fsp3) is 0.211. The highest BCUT2D eigenvalue weighted by atomic mass is 32.2. The summed E-state index contributed by atoms with van der Waals surface area (Å²) < 4.78 is 28.7. The maximum atomic E-state index is 12.6. The molecule has 1 spiro atoms. The third kappa shape index (κ3) is 2.58. The van der Waals surface area contributed by atoms with Crippen LogP contribution in [0.25, 0.3) is 11.1 Å². The molecule has 0 saturated heterocycles. The van der Waals surface area contributed by atoms with Gasteiger partial charge in [0, 0.05) is 5.57 Å². The molecule has 0 amide bonds. The lowest BCUT2D eigenvalue weighted by Crippen LogP contribution is -2.38. The fourth-order valence-corrected chi connectivity index (χ4v) is 4.06. The van der Waals surface area contributed by atoms with Crippen LogP contribution in [0, 0.1) is 0 Å². The van der Waals surface area contributed by atoms with Gasteiger partial charge >= 0.3 is 5.97 Å². The van der Waals surface area contributed by atoms with Crippen LogP contribution in [0.2, 0.25) is 0 Å². The molecule has 1 saturated carbocycles. The predicted octanol–water partition coefficient (Wildman–Crippen LogP) is 2.72. The summed E-state index contributed by atoms with van der Waals surface area (Å²) in [6.45, 7) is 0. The molecule has 0 aromatic heterocycles. The molecule has 2 aliphatic rings. The van der Waals surface area contributed by atoms with Crippen LogP contribution in [0.5, 0.6) is 0 Å². The molecular weight excluding hydrogens is 338 g/mol. The number of primary sulfonamides is 1. The molecule has 1 fully saturated rings. The summed E-state index contributed by atoms with van der Waals surface area (Å²) in [5, 5.41) is 5.17. The van der Waals surface area contributed by atoms with Gasteiger partial charge in [0.1, 0.15) is 5.60 Å². The van der Waals surface area contributed by atoms with Crippen LogP contribution in [-0.4, -0.2) is 20.0 Å². The largest absolute Gasteiger partial charge is 0.451 e. The third-order valence-electron chi connectivity index (χ3n) is 4.89. The minimum absolute atomic E-state index is 0.0472. The highest BCUT2D eigenvalue weighted by Gasteiger charge is 2.52. The van der Waals surface area contributed by atoms with Crippen molar-refractivity contribution in [1.82, 2.24) is 0 Å². The lowest BCUT2D eigenvalue weighted by atomic mass is 9.71. The molecule has 25 heavy (non-hydrogen) atoms. The number of benzene rings is 2. The van der Waals surface area contributed by atoms with Gasteiger partial charge in [0.25, 0.3) is 0 Å². The van der Waals surface area contributed by atoms with E-state index in [9.17, 15) is 13.2 Å². The van der Waals surface area contributed by atoms with Crippen LogP contribution < -0.4 is 5.14 Å². The Balaban J connectivity index is 1.90. The molecular formula is C19H17NO4S. The number of rotatable bonds is 3. The second-order valence-corrected chi connectivity index (χ2v) is 7.98. The molecule has 5 nitrogen and oxygen atoms in total. The van der Waals surface area contributed by atoms with Crippen molar-refractivity contribution >= 4 is 27.1 Å². The first-order valence-corrected chi connectivity index (χ1v) is 9.62. The molecule has 2 aromatic carbocycles. The summed E-state index contributed by atoms with van der Waals surface area (Å²) in [5.74, 6) is -0.323. The van der Waals surface area contributed by atoms with Crippen molar-refractivity contribution in [3.05, 3.63) is 65.7 Å².